The second kappa shape index (κ2) is 5.91. The van der Waals surface area contributed by atoms with Gasteiger partial charge in [0.2, 0.25) is 0 Å². The van der Waals surface area contributed by atoms with Crippen LogP contribution in [0.15, 0.2) is 18.2 Å². The highest BCUT2D eigenvalue weighted by Crippen LogP contribution is 2.29. The minimum atomic E-state index is -0.351. The fourth-order valence-electron chi connectivity index (χ4n) is 2.69. The highest BCUT2D eigenvalue weighted by Gasteiger charge is 2.21. The molecule has 0 spiro atoms. The molecule has 2 unspecified atom stereocenters. The molecule has 0 radical (unpaired) electrons. The molecule has 104 valence electrons. The van der Waals surface area contributed by atoms with E-state index in [0.29, 0.717) is 12.0 Å². The van der Waals surface area contributed by atoms with Gasteiger partial charge >= 0.3 is 0 Å². The summed E-state index contributed by atoms with van der Waals surface area (Å²) in [6.45, 7) is 2.24. The average molecular weight is 263 g/mol. The fraction of sp³-hybridized carbons (Fsp3) is 0.571. The molecule has 1 aliphatic carbocycles. The smallest absolute Gasteiger partial charge is 0.273 e. The Hall–Kier alpha value is -1.78. The number of rotatable bonds is 4. The minimum absolute atomic E-state index is 0.123. The molecule has 0 bridgehead atoms. The lowest BCUT2D eigenvalue weighted by atomic mass is 9.86. The number of anilines is 2. The van der Waals surface area contributed by atoms with Crippen molar-refractivity contribution in [3.63, 3.8) is 0 Å². The van der Waals surface area contributed by atoms with E-state index < -0.39 is 0 Å². The zero-order chi connectivity index (χ0) is 13.8. The number of benzene rings is 1. The van der Waals surface area contributed by atoms with Gasteiger partial charge in [0.25, 0.3) is 5.69 Å². The van der Waals surface area contributed by atoms with Gasteiger partial charge in [-0.3, -0.25) is 10.1 Å². The number of hydrogen-bond donors (Lipinski definition) is 2. The van der Waals surface area contributed by atoms with Crippen LogP contribution in [0.2, 0.25) is 0 Å². The van der Waals surface area contributed by atoms with E-state index >= 15 is 0 Å². The Kier molecular flexibility index (Phi) is 4.24. The molecule has 0 saturated heterocycles. The Morgan fingerprint density at radius 2 is 1.89 bits per heavy atom. The van der Waals surface area contributed by atoms with Crippen molar-refractivity contribution in [2.24, 2.45) is 5.92 Å². The van der Waals surface area contributed by atoms with Gasteiger partial charge in [-0.25, -0.2) is 0 Å². The summed E-state index contributed by atoms with van der Waals surface area (Å²) in [7, 11) is 1.77. The van der Waals surface area contributed by atoms with Crippen LogP contribution in [0, 0.1) is 16.0 Å². The van der Waals surface area contributed by atoms with Crippen molar-refractivity contribution in [2.75, 3.05) is 17.7 Å². The minimum Gasteiger partial charge on any atom is -0.388 e. The van der Waals surface area contributed by atoms with Gasteiger partial charge in [0, 0.05) is 36.6 Å². The fourth-order valence-corrected chi connectivity index (χ4v) is 2.69. The van der Waals surface area contributed by atoms with Crippen LogP contribution in [0.1, 0.15) is 32.6 Å². The van der Waals surface area contributed by atoms with Crippen LogP contribution in [-0.4, -0.2) is 18.0 Å². The first-order chi connectivity index (χ1) is 9.10. The maximum atomic E-state index is 10.9. The van der Waals surface area contributed by atoms with E-state index in [4.69, 9.17) is 0 Å². The van der Waals surface area contributed by atoms with Gasteiger partial charge in [-0.05, 0) is 24.8 Å². The van der Waals surface area contributed by atoms with Crippen LogP contribution < -0.4 is 10.6 Å². The molecule has 1 aromatic rings. The molecule has 19 heavy (non-hydrogen) atoms. The van der Waals surface area contributed by atoms with Gasteiger partial charge in [-0.1, -0.05) is 19.8 Å². The summed E-state index contributed by atoms with van der Waals surface area (Å²) in [5.41, 5.74) is 1.72. The van der Waals surface area contributed by atoms with Crippen molar-refractivity contribution in [3.05, 3.63) is 28.3 Å². The van der Waals surface area contributed by atoms with E-state index in [1.165, 1.54) is 19.3 Å². The summed E-state index contributed by atoms with van der Waals surface area (Å²) >= 11 is 0. The van der Waals surface area contributed by atoms with Crippen molar-refractivity contribution < 1.29 is 4.92 Å². The molecule has 2 rings (SSSR count). The van der Waals surface area contributed by atoms with Gasteiger partial charge in [0.05, 0.1) is 4.92 Å². The lowest BCUT2D eigenvalue weighted by Crippen LogP contribution is -2.30. The monoisotopic (exact) mass is 263 g/mol. The molecule has 0 heterocycles. The van der Waals surface area contributed by atoms with Crippen LogP contribution in [0.25, 0.3) is 0 Å². The third-order valence-corrected chi connectivity index (χ3v) is 3.88. The van der Waals surface area contributed by atoms with Gasteiger partial charge in [-0.2, -0.15) is 0 Å². The standard InChI is InChI=1S/C14H21N3O2/c1-10-5-3-4-6-14(10)16-12-7-11(15-2)8-13(9-12)17(18)19/h7-10,14-16H,3-6H2,1-2H3. The van der Waals surface area contributed by atoms with Crippen LogP contribution in [0.4, 0.5) is 17.1 Å². The van der Waals surface area contributed by atoms with Crippen LogP contribution in [-0.2, 0) is 0 Å². The number of hydrogen-bond acceptors (Lipinski definition) is 4. The first-order valence-electron chi connectivity index (χ1n) is 6.84. The first kappa shape index (κ1) is 13.6. The van der Waals surface area contributed by atoms with Crippen molar-refractivity contribution in [1.82, 2.24) is 0 Å². The molecule has 1 aromatic carbocycles. The topological polar surface area (TPSA) is 67.2 Å². The van der Waals surface area contributed by atoms with E-state index in [0.717, 1.165) is 17.8 Å². The van der Waals surface area contributed by atoms with Crippen molar-refractivity contribution >= 4 is 17.1 Å². The lowest BCUT2D eigenvalue weighted by molar-refractivity contribution is -0.384. The van der Waals surface area contributed by atoms with Crippen LogP contribution in [0.5, 0.6) is 0 Å². The Balaban J connectivity index is 2.18. The number of nitro benzene ring substituents is 1. The lowest BCUT2D eigenvalue weighted by Gasteiger charge is -2.30. The Labute approximate surface area is 113 Å². The highest BCUT2D eigenvalue weighted by molar-refractivity contribution is 5.63. The van der Waals surface area contributed by atoms with Crippen molar-refractivity contribution in [3.8, 4) is 0 Å². The molecule has 0 aliphatic heterocycles. The molecule has 0 aromatic heterocycles. The molecule has 1 aliphatic rings. The van der Waals surface area contributed by atoms with E-state index in [2.05, 4.69) is 17.6 Å². The number of nitrogens with one attached hydrogen (secondary N) is 2. The second-order valence-corrected chi connectivity index (χ2v) is 5.29. The number of nitro groups is 1. The van der Waals surface area contributed by atoms with E-state index in [1.807, 2.05) is 6.07 Å². The highest BCUT2D eigenvalue weighted by atomic mass is 16.6. The summed E-state index contributed by atoms with van der Waals surface area (Å²) in [6, 6.07) is 5.51. The molecule has 5 heteroatoms. The summed E-state index contributed by atoms with van der Waals surface area (Å²) in [5.74, 6) is 0.617. The first-order valence-corrected chi connectivity index (χ1v) is 6.84. The molecule has 5 nitrogen and oxygen atoms in total. The van der Waals surface area contributed by atoms with Crippen LogP contribution >= 0.6 is 0 Å². The molecule has 1 saturated carbocycles. The largest absolute Gasteiger partial charge is 0.388 e. The van der Waals surface area contributed by atoms with Crippen molar-refractivity contribution in [2.45, 2.75) is 38.6 Å². The predicted octanol–water partition coefficient (Wildman–Crippen LogP) is 3.63. The number of nitrogens with zero attached hydrogens (tertiary/aromatic N) is 1. The summed E-state index contributed by atoms with van der Waals surface area (Å²) in [5, 5.41) is 17.4. The Bertz CT molecular complexity index is 462. The third kappa shape index (κ3) is 3.36. The Morgan fingerprint density at radius 3 is 2.53 bits per heavy atom. The maximum absolute atomic E-state index is 10.9. The molecule has 0 amide bonds. The average Bonchev–Trinajstić information content (AvgIpc) is 2.41. The molecule has 1 fully saturated rings. The SMILES string of the molecule is CNc1cc(NC2CCCCC2C)cc([N+](=O)[O-])c1. The maximum Gasteiger partial charge on any atom is 0.273 e. The summed E-state index contributed by atoms with van der Waals surface area (Å²) in [4.78, 5) is 10.6. The van der Waals surface area contributed by atoms with Gasteiger partial charge in [0.1, 0.15) is 0 Å². The van der Waals surface area contributed by atoms with E-state index in [-0.39, 0.29) is 10.6 Å². The van der Waals surface area contributed by atoms with Crippen molar-refractivity contribution in [1.29, 1.82) is 0 Å². The normalized spacial score (nSPS) is 22.8. The Morgan fingerprint density at radius 1 is 1.21 bits per heavy atom. The molecule has 2 atom stereocenters. The summed E-state index contributed by atoms with van der Waals surface area (Å²) in [6.07, 6.45) is 4.89. The van der Waals surface area contributed by atoms with Gasteiger partial charge in [0.15, 0.2) is 0 Å². The second-order valence-electron chi connectivity index (χ2n) is 5.29. The number of non-ortho nitro benzene ring substituents is 1. The molecular weight excluding hydrogens is 242 g/mol. The molecular formula is C14H21N3O2. The van der Waals surface area contributed by atoms with E-state index in [1.54, 1.807) is 19.2 Å². The zero-order valence-electron chi connectivity index (χ0n) is 11.5. The summed E-state index contributed by atoms with van der Waals surface area (Å²) < 4.78 is 0. The van der Waals surface area contributed by atoms with E-state index in [9.17, 15) is 10.1 Å². The molecule has 2 N–H and O–H groups in total. The quantitative estimate of drug-likeness (QED) is 0.643. The van der Waals surface area contributed by atoms with Gasteiger partial charge in [-0.15, -0.1) is 0 Å². The van der Waals surface area contributed by atoms with Gasteiger partial charge < -0.3 is 10.6 Å². The zero-order valence-corrected chi connectivity index (χ0v) is 11.5. The predicted molar refractivity (Wildman–Crippen MR) is 77.7 cm³/mol. The van der Waals surface area contributed by atoms with Crippen LogP contribution in [0.3, 0.4) is 0 Å². The third-order valence-electron chi connectivity index (χ3n) is 3.88.